The lowest BCUT2D eigenvalue weighted by Gasteiger charge is -2.31. The van der Waals surface area contributed by atoms with Gasteiger partial charge in [-0.05, 0) is 49.8 Å². The van der Waals surface area contributed by atoms with Crippen LogP contribution in [-0.2, 0) is 0 Å². The highest BCUT2D eigenvalue weighted by molar-refractivity contribution is 5.99. The molecule has 0 spiro atoms. The molecule has 2 heterocycles. The monoisotopic (exact) mass is 300 g/mol. The second kappa shape index (κ2) is 6.51. The van der Waals surface area contributed by atoms with Crippen molar-refractivity contribution in [3.8, 4) is 0 Å². The molecule has 3 rings (SSSR count). The van der Waals surface area contributed by atoms with Gasteiger partial charge in [0, 0.05) is 37.3 Å². The Bertz CT molecular complexity index is 564. The van der Waals surface area contributed by atoms with Gasteiger partial charge >= 0.3 is 0 Å². The van der Waals surface area contributed by atoms with Crippen LogP contribution in [0.5, 0.6) is 0 Å². The van der Waals surface area contributed by atoms with Crippen molar-refractivity contribution in [1.82, 2.24) is 9.80 Å². The van der Waals surface area contributed by atoms with Gasteiger partial charge in [0.1, 0.15) is 0 Å². The normalized spacial score (nSPS) is 22.0. The van der Waals surface area contributed by atoms with Crippen LogP contribution in [0.25, 0.3) is 0 Å². The molecule has 1 aromatic rings. The summed E-state index contributed by atoms with van der Waals surface area (Å²) in [6.07, 6.45) is 4.42. The fourth-order valence-electron chi connectivity index (χ4n) is 3.44. The van der Waals surface area contributed by atoms with Gasteiger partial charge in [-0.3, -0.25) is 9.59 Å². The number of hydrogen-bond donors (Lipinski definition) is 0. The predicted octanol–water partition coefficient (Wildman–Crippen LogP) is 2.79. The number of likely N-dealkylation sites (tertiary alicyclic amines) is 2. The molecule has 2 amide bonds. The third-order valence-electron chi connectivity index (χ3n) is 4.69. The zero-order valence-electron chi connectivity index (χ0n) is 13.3. The molecular formula is C18H24N2O2. The SMILES string of the molecule is CC1CCCN(C(=O)c2cccc(C(=O)N3CCCC3)c2)C1. The first-order chi connectivity index (χ1) is 10.6. The van der Waals surface area contributed by atoms with Crippen molar-refractivity contribution in [1.29, 1.82) is 0 Å². The first kappa shape index (κ1) is 15.1. The molecule has 1 aromatic carbocycles. The summed E-state index contributed by atoms with van der Waals surface area (Å²) in [7, 11) is 0. The van der Waals surface area contributed by atoms with E-state index in [4.69, 9.17) is 0 Å². The van der Waals surface area contributed by atoms with E-state index < -0.39 is 0 Å². The molecule has 0 bridgehead atoms. The van der Waals surface area contributed by atoms with Gasteiger partial charge in [-0.2, -0.15) is 0 Å². The van der Waals surface area contributed by atoms with E-state index in [9.17, 15) is 9.59 Å². The fourth-order valence-corrected chi connectivity index (χ4v) is 3.44. The van der Waals surface area contributed by atoms with Crippen molar-refractivity contribution in [3.05, 3.63) is 35.4 Å². The van der Waals surface area contributed by atoms with Crippen molar-refractivity contribution in [2.75, 3.05) is 26.2 Å². The van der Waals surface area contributed by atoms with Gasteiger partial charge in [0.05, 0.1) is 0 Å². The summed E-state index contributed by atoms with van der Waals surface area (Å²) in [6.45, 7) is 5.50. The van der Waals surface area contributed by atoms with Crippen LogP contribution < -0.4 is 0 Å². The Morgan fingerprint density at radius 3 is 2.18 bits per heavy atom. The summed E-state index contributed by atoms with van der Waals surface area (Å²) in [4.78, 5) is 28.9. The van der Waals surface area contributed by atoms with Crippen molar-refractivity contribution in [3.63, 3.8) is 0 Å². The molecule has 22 heavy (non-hydrogen) atoms. The van der Waals surface area contributed by atoms with Crippen molar-refractivity contribution in [2.24, 2.45) is 5.92 Å². The Morgan fingerprint density at radius 1 is 0.955 bits per heavy atom. The zero-order chi connectivity index (χ0) is 15.5. The highest BCUT2D eigenvalue weighted by atomic mass is 16.2. The van der Waals surface area contributed by atoms with Crippen LogP contribution in [0.1, 0.15) is 53.3 Å². The topological polar surface area (TPSA) is 40.6 Å². The Labute approximate surface area is 132 Å². The molecule has 4 heteroatoms. The van der Waals surface area contributed by atoms with Gasteiger partial charge in [0.15, 0.2) is 0 Å². The van der Waals surface area contributed by atoms with Gasteiger partial charge in [0.25, 0.3) is 11.8 Å². The van der Waals surface area contributed by atoms with E-state index in [2.05, 4.69) is 6.92 Å². The lowest BCUT2D eigenvalue weighted by atomic mass is 9.99. The number of piperidine rings is 1. The molecule has 2 aliphatic rings. The number of carbonyl (C=O) groups excluding carboxylic acids is 2. The van der Waals surface area contributed by atoms with Gasteiger partial charge in [-0.25, -0.2) is 0 Å². The number of benzene rings is 1. The molecule has 4 nitrogen and oxygen atoms in total. The number of carbonyl (C=O) groups is 2. The van der Waals surface area contributed by atoms with Gasteiger partial charge < -0.3 is 9.80 Å². The summed E-state index contributed by atoms with van der Waals surface area (Å²) in [6, 6.07) is 7.23. The minimum Gasteiger partial charge on any atom is -0.339 e. The van der Waals surface area contributed by atoms with Crippen LogP contribution in [-0.4, -0.2) is 47.8 Å². The summed E-state index contributed by atoms with van der Waals surface area (Å²) in [5, 5.41) is 0. The molecular weight excluding hydrogens is 276 g/mol. The maximum Gasteiger partial charge on any atom is 0.253 e. The minimum absolute atomic E-state index is 0.0548. The third-order valence-corrected chi connectivity index (χ3v) is 4.69. The number of nitrogens with zero attached hydrogens (tertiary/aromatic N) is 2. The molecule has 0 radical (unpaired) electrons. The Morgan fingerprint density at radius 2 is 1.55 bits per heavy atom. The van der Waals surface area contributed by atoms with E-state index in [0.29, 0.717) is 17.0 Å². The van der Waals surface area contributed by atoms with E-state index in [-0.39, 0.29) is 11.8 Å². The van der Waals surface area contributed by atoms with E-state index >= 15 is 0 Å². The van der Waals surface area contributed by atoms with E-state index in [0.717, 1.165) is 45.4 Å². The van der Waals surface area contributed by atoms with Crippen molar-refractivity contribution < 1.29 is 9.59 Å². The fraction of sp³-hybridized carbons (Fsp3) is 0.556. The minimum atomic E-state index is 0.0548. The molecule has 0 N–H and O–H groups in total. The molecule has 2 fully saturated rings. The van der Waals surface area contributed by atoms with Crippen LogP contribution in [0.2, 0.25) is 0 Å². The summed E-state index contributed by atoms with van der Waals surface area (Å²) in [5.74, 6) is 0.675. The summed E-state index contributed by atoms with van der Waals surface area (Å²) >= 11 is 0. The molecule has 1 unspecified atom stereocenters. The highest BCUT2D eigenvalue weighted by Crippen LogP contribution is 2.19. The Hall–Kier alpha value is -1.84. The number of amides is 2. The Kier molecular flexibility index (Phi) is 4.46. The maximum absolute atomic E-state index is 12.6. The zero-order valence-corrected chi connectivity index (χ0v) is 13.3. The van der Waals surface area contributed by atoms with Gasteiger partial charge in [-0.1, -0.05) is 13.0 Å². The smallest absolute Gasteiger partial charge is 0.253 e. The van der Waals surface area contributed by atoms with E-state index in [1.165, 1.54) is 6.42 Å². The second-order valence-electron chi connectivity index (χ2n) is 6.58. The molecule has 0 saturated carbocycles. The van der Waals surface area contributed by atoms with Crippen LogP contribution in [0, 0.1) is 5.92 Å². The van der Waals surface area contributed by atoms with Crippen LogP contribution in [0.3, 0.4) is 0 Å². The van der Waals surface area contributed by atoms with Crippen LogP contribution >= 0.6 is 0 Å². The lowest BCUT2D eigenvalue weighted by molar-refractivity contribution is 0.0683. The predicted molar refractivity (Wildman–Crippen MR) is 85.9 cm³/mol. The molecule has 2 aliphatic heterocycles. The number of rotatable bonds is 2. The lowest BCUT2D eigenvalue weighted by Crippen LogP contribution is -2.39. The second-order valence-corrected chi connectivity index (χ2v) is 6.58. The van der Waals surface area contributed by atoms with Gasteiger partial charge in [-0.15, -0.1) is 0 Å². The molecule has 1 atom stereocenters. The maximum atomic E-state index is 12.6. The van der Waals surface area contributed by atoms with Gasteiger partial charge in [0.2, 0.25) is 0 Å². The summed E-state index contributed by atoms with van der Waals surface area (Å²) in [5.41, 5.74) is 1.27. The number of hydrogen-bond acceptors (Lipinski definition) is 2. The van der Waals surface area contributed by atoms with Crippen LogP contribution in [0.15, 0.2) is 24.3 Å². The van der Waals surface area contributed by atoms with Crippen molar-refractivity contribution >= 4 is 11.8 Å². The first-order valence-electron chi connectivity index (χ1n) is 8.34. The average molecular weight is 300 g/mol. The van der Waals surface area contributed by atoms with Crippen molar-refractivity contribution in [2.45, 2.75) is 32.6 Å². The molecule has 0 aliphatic carbocycles. The van der Waals surface area contributed by atoms with E-state index in [1.807, 2.05) is 28.0 Å². The average Bonchev–Trinajstić information content (AvgIpc) is 3.08. The third kappa shape index (κ3) is 3.16. The molecule has 0 aromatic heterocycles. The standard InChI is InChI=1S/C18H24N2O2/c1-14-6-5-11-20(13-14)18(22)16-8-4-7-15(12-16)17(21)19-9-2-3-10-19/h4,7-8,12,14H,2-3,5-6,9-11,13H2,1H3. The first-order valence-corrected chi connectivity index (χ1v) is 8.34. The quantitative estimate of drug-likeness (QED) is 0.842. The Balaban J connectivity index is 1.75. The molecule has 118 valence electrons. The van der Waals surface area contributed by atoms with Crippen LogP contribution in [0.4, 0.5) is 0 Å². The molecule has 2 saturated heterocycles. The highest BCUT2D eigenvalue weighted by Gasteiger charge is 2.24. The summed E-state index contributed by atoms with van der Waals surface area (Å²) < 4.78 is 0. The largest absolute Gasteiger partial charge is 0.339 e. The van der Waals surface area contributed by atoms with E-state index in [1.54, 1.807) is 6.07 Å².